The number of thioether (sulfide) groups is 1. The molecule has 2 aromatic carbocycles. The highest BCUT2D eigenvalue weighted by Gasteiger charge is 2.30. The number of esters is 1. The van der Waals surface area contributed by atoms with Crippen LogP contribution in [0.5, 0.6) is 0 Å². The number of thiazole rings is 1. The minimum atomic E-state index is -0.847. The molecule has 0 aliphatic carbocycles. The largest absolute Gasteiger partial charge is 0.467 e. The van der Waals surface area contributed by atoms with E-state index in [9.17, 15) is 14.4 Å². The van der Waals surface area contributed by atoms with Crippen LogP contribution in [-0.4, -0.2) is 60.2 Å². The summed E-state index contributed by atoms with van der Waals surface area (Å²) in [6.45, 7) is 0.854. The van der Waals surface area contributed by atoms with Crippen molar-refractivity contribution in [2.75, 3.05) is 26.5 Å². The molecular formula is C29H29Cl2N3O4S2. The Bertz CT molecular complexity index is 1390. The Labute approximate surface area is 251 Å². The summed E-state index contributed by atoms with van der Waals surface area (Å²) in [6.07, 6.45) is 6.25. The van der Waals surface area contributed by atoms with Crippen LogP contribution in [0.4, 0.5) is 0 Å². The number of carbonyl (C=O) groups excluding carboxylic acids is 3. The second-order valence-electron chi connectivity index (χ2n) is 9.22. The molecule has 1 saturated heterocycles. The van der Waals surface area contributed by atoms with Gasteiger partial charge in [-0.15, -0.1) is 23.1 Å². The van der Waals surface area contributed by atoms with Crippen LogP contribution in [0.25, 0.3) is 16.6 Å². The van der Waals surface area contributed by atoms with Crippen LogP contribution in [0.3, 0.4) is 0 Å². The fourth-order valence-corrected chi connectivity index (χ4v) is 6.42. The summed E-state index contributed by atoms with van der Waals surface area (Å²) in [4.78, 5) is 45.5. The maximum absolute atomic E-state index is 13.1. The third kappa shape index (κ3) is 7.46. The lowest BCUT2D eigenvalue weighted by Gasteiger charge is -2.31. The highest BCUT2D eigenvalue weighted by Crippen LogP contribution is 2.35. The molecular weight excluding hydrogens is 589 g/mol. The standard InChI is InChI=1S/C29H29Cl2N3O4S2/c1-38-29(37)22(16-21-17-40-28(32-21)20-6-4-3-5-7-20)33-27(36)19-12-14-34(15-13-19)24(35)11-9-18-8-10-23(39-2)26(31)25(18)30/h3-11,17,19,22H,12-16H2,1-2H3,(H,33,36)/b11-9+/t22-/m0/s1. The number of aromatic nitrogens is 1. The van der Waals surface area contributed by atoms with E-state index in [1.165, 1.54) is 36.3 Å². The van der Waals surface area contributed by atoms with Gasteiger partial charge in [0.15, 0.2) is 0 Å². The lowest BCUT2D eigenvalue weighted by Crippen LogP contribution is -2.48. The van der Waals surface area contributed by atoms with Gasteiger partial charge in [-0.05, 0) is 36.8 Å². The van der Waals surface area contributed by atoms with Gasteiger partial charge in [0.25, 0.3) is 0 Å². The lowest BCUT2D eigenvalue weighted by molar-refractivity contribution is -0.145. The number of amides is 2. The van der Waals surface area contributed by atoms with E-state index < -0.39 is 12.0 Å². The monoisotopic (exact) mass is 617 g/mol. The van der Waals surface area contributed by atoms with E-state index in [4.69, 9.17) is 27.9 Å². The number of rotatable bonds is 9. The number of ether oxygens (including phenoxy) is 1. The molecule has 0 bridgehead atoms. The molecule has 1 aromatic heterocycles. The minimum Gasteiger partial charge on any atom is -0.467 e. The number of hydrogen-bond donors (Lipinski definition) is 1. The van der Waals surface area contributed by atoms with Crippen LogP contribution < -0.4 is 5.32 Å². The van der Waals surface area contributed by atoms with Gasteiger partial charge in [-0.25, -0.2) is 9.78 Å². The average molecular weight is 619 g/mol. The highest BCUT2D eigenvalue weighted by molar-refractivity contribution is 7.98. The maximum atomic E-state index is 13.1. The van der Waals surface area contributed by atoms with Crippen molar-refractivity contribution < 1.29 is 19.1 Å². The zero-order chi connectivity index (χ0) is 28.6. The third-order valence-corrected chi connectivity index (χ3v) is 9.40. The predicted octanol–water partition coefficient (Wildman–Crippen LogP) is 5.99. The number of methoxy groups -OCH3 is 1. The quantitative estimate of drug-likeness (QED) is 0.180. The molecule has 0 radical (unpaired) electrons. The van der Waals surface area contributed by atoms with Crippen LogP contribution in [-0.2, 0) is 25.5 Å². The molecule has 1 aliphatic rings. The van der Waals surface area contributed by atoms with Crippen LogP contribution in [0.15, 0.2) is 58.8 Å². The Hall–Kier alpha value is -2.85. The van der Waals surface area contributed by atoms with E-state index in [0.717, 1.165) is 15.5 Å². The van der Waals surface area contributed by atoms with Crippen molar-refractivity contribution in [3.05, 3.63) is 75.2 Å². The van der Waals surface area contributed by atoms with Crippen LogP contribution in [0.1, 0.15) is 24.1 Å². The molecule has 0 unspecified atom stereocenters. The summed E-state index contributed by atoms with van der Waals surface area (Å²) in [7, 11) is 1.30. The number of hydrogen-bond acceptors (Lipinski definition) is 7. The van der Waals surface area contributed by atoms with Crippen LogP contribution in [0, 0.1) is 5.92 Å². The predicted molar refractivity (Wildman–Crippen MR) is 162 cm³/mol. The Morgan fingerprint density at radius 3 is 2.55 bits per heavy atom. The van der Waals surface area contributed by atoms with Gasteiger partial charge in [0.05, 0.1) is 22.8 Å². The van der Waals surface area contributed by atoms with Crippen molar-refractivity contribution in [1.29, 1.82) is 0 Å². The number of likely N-dealkylation sites (tertiary alicyclic amines) is 1. The summed E-state index contributed by atoms with van der Waals surface area (Å²) in [5.41, 5.74) is 2.36. The fourth-order valence-electron chi connectivity index (χ4n) is 4.41. The second-order valence-corrected chi connectivity index (χ2v) is 11.7. The van der Waals surface area contributed by atoms with E-state index >= 15 is 0 Å². The Morgan fingerprint density at radius 1 is 1.15 bits per heavy atom. The first-order chi connectivity index (χ1) is 19.3. The summed E-state index contributed by atoms with van der Waals surface area (Å²) >= 11 is 15.6. The van der Waals surface area contributed by atoms with Gasteiger partial charge in [-0.2, -0.15) is 0 Å². The van der Waals surface area contributed by atoms with Crippen LogP contribution in [0.2, 0.25) is 10.0 Å². The molecule has 210 valence electrons. The highest BCUT2D eigenvalue weighted by atomic mass is 35.5. The van der Waals surface area contributed by atoms with Crippen molar-refractivity contribution in [1.82, 2.24) is 15.2 Å². The van der Waals surface area contributed by atoms with Gasteiger partial charge in [0.2, 0.25) is 11.8 Å². The number of nitrogens with zero attached hydrogens (tertiary/aromatic N) is 2. The summed E-state index contributed by atoms with van der Waals surface area (Å²) < 4.78 is 4.95. The van der Waals surface area contributed by atoms with E-state index in [1.807, 2.05) is 54.1 Å². The smallest absolute Gasteiger partial charge is 0.328 e. The second kappa shape index (κ2) is 14.2. The Kier molecular flexibility index (Phi) is 10.7. The molecule has 3 aromatic rings. The SMILES string of the molecule is COC(=O)[C@H](Cc1csc(-c2ccccc2)n1)NC(=O)C1CCN(C(=O)/C=C/c2ccc(SC)c(Cl)c2Cl)CC1. The van der Waals surface area contributed by atoms with Crippen molar-refractivity contribution in [2.24, 2.45) is 5.92 Å². The van der Waals surface area contributed by atoms with E-state index in [1.54, 1.807) is 11.0 Å². The van der Waals surface area contributed by atoms with Crippen molar-refractivity contribution in [3.8, 4) is 10.6 Å². The first-order valence-corrected chi connectivity index (χ1v) is 15.5. The molecule has 1 aliphatic heterocycles. The molecule has 2 amide bonds. The summed E-state index contributed by atoms with van der Waals surface area (Å²) in [5, 5.41) is 6.46. The molecule has 0 spiro atoms. The maximum Gasteiger partial charge on any atom is 0.328 e. The molecule has 7 nitrogen and oxygen atoms in total. The number of piperidine rings is 1. The Morgan fingerprint density at radius 2 is 1.88 bits per heavy atom. The molecule has 1 fully saturated rings. The molecule has 40 heavy (non-hydrogen) atoms. The van der Waals surface area contributed by atoms with Gasteiger partial charge in [-0.1, -0.05) is 59.6 Å². The van der Waals surface area contributed by atoms with E-state index in [-0.39, 0.29) is 24.2 Å². The topological polar surface area (TPSA) is 88.6 Å². The van der Waals surface area contributed by atoms with Gasteiger partial charge in [-0.3, -0.25) is 9.59 Å². The third-order valence-electron chi connectivity index (χ3n) is 6.67. The normalized spacial score (nSPS) is 14.8. The van der Waals surface area contributed by atoms with Gasteiger partial charge in [0.1, 0.15) is 11.0 Å². The van der Waals surface area contributed by atoms with Gasteiger partial charge >= 0.3 is 5.97 Å². The number of benzene rings is 2. The van der Waals surface area contributed by atoms with E-state index in [2.05, 4.69) is 10.3 Å². The van der Waals surface area contributed by atoms with Crippen molar-refractivity contribution in [2.45, 2.75) is 30.2 Å². The summed E-state index contributed by atoms with van der Waals surface area (Å²) in [5.74, 6) is -1.23. The molecule has 1 N–H and O–H groups in total. The number of halogens is 2. The van der Waals surface area contributed by atoms with Crippen molar-refractivity contribution >= 4 is 70.2 Å². The molecule has 4 rings (SSSR count). The van der Waals surface area contributed by atoms with Crippen LogP contribution >= 0.6 is 46.3 Å². The lowest BCUT2D eigenvalue weighted by atomic mass is 9.95. The first kappa shape index (κ1) is 30.1. The molecule has 0 saturated carbocycles. The molecule has 1 atom stereocenters. The zero-order valence-corrected chi connectivity index (χ0v) is 25.2. The van der Waals surface area contributed by atoms with Gasteiger partial charge in [0, 0.05) is 47.3 Å². The fraction of sp³-hybridized carbons (Fsp3) is 0.310. The molecule has 11 heteroatoms. The average Bonchev–Trinajstić information content (AvgIpc) is 3.46. The van der Waals surface area contributed by atoms with Gasteiger partial charge < -0.3 is 15.0 Å². The summed E-state index contributed by atoms with van der Waals surface area (Å²) in [6, 6.07) is 12.6. The zero-order valence-electron chi connectivity index (χ0n) is 22.1. The Balaban J connectivity index is 1.32. The molecule has 2 heterocycles. The minimum absolute atomic E-state index is 0.162. The van der Waals surface area contributed by atoms with Crippen molar-refractivity contribution in [3.63, 3.8) is 0 Å². The number of carbonyl (C=O) groups is 3. The number of nitrogens with one attached hydrogen (secondary N) is 1. The first-order valence-electron chi connectivity index (χ1n) is 12.7. The van der Waals surface area contributed by atoms with E-state index in [0.29, 0.717) is 47.2 Å².